The average Bonchev–Trinajstić information content (AvgIpc) is 2.76. The van der Waals surface area contributed by atoms with Crippen LogP contribution in [0.4, 0.5) is 16.5 Å². The maximum Gasteiger partial charge on any atom is 0.291 e. The highest BCUT2D eigenvalue weighted by Gasteiger charge is 2.20. The van der Waals surface area contributed by atoms with Crippen molar-refractivity contribution in [2.24, 2.45) is 0 Å². The van der Waals surface area contributed by atoms with Crippen LogP contribution in [0.25, 0.3) is 0 Å². The Morgan fingerprint density at radius 3 is 2.68 bits per heavy atom. The zero-order valence-electron chi connectivity index (χ0n) is 9.18. The summed E-state index contributed by atoms with van der Waals surface area (Å²) in [5, 5.41) is 17.4. The molecule has 2 aromatic rings. The second-order valence-corrected chi connectivity index (χ2v) is 6.18. The van der Waals surface area contributed by atoms with Gasteiger partial charge in [0.2, 0.25) is 5.13 Å². The van der Waals surface area contributed by atoms with Gasteiger partial charge in [0.05, 0.1) is 10.6 Å². The van der Waals surface area contributed by atoms with E-state index in [1.54, 1.807) is 0 Å². The molecule has 0 spiro atoms. The van der Waals surface area contributed by atoms with Crippen LogP contribution in [0.1, 0.15) is 0 Å². The van der Waals surface area contributed by atoms with E-state index in [1.165, 1.54) is 18.2 Å². The second kappa shape index (κ2) is 4.78. The fraction of sp³-hybridized carbons (Fsp3) is 0. The molecule has 1 aromatic carbocycles. The Kier molecular flexibility index (Phi) is 3.31. The number of aromatic nitrogens is 2. The molecule has 0 aliphatic rings. The first-order chi connectivity index (χ1) is 8.88. The standard InChI is InChI=1S/C8H7N5O4S2/c9-7-10-11-8(18-7)19(16,17)12-5-2-1-3-6(4-5)13(14)15/h1-4,12H,(H2,9,10). The Bertz CT molecular complexity index is 726. The van der Waals surface area contributed by atoms with Crippen LogP contribution in [-0.4, -0.2) is 23.5 Å². The molecule has 0 aliphatic heterocycles. The molecule has 0 atom stereocenters. The van der Waals surface area contributed by atoms with Gasteiger partial charge in [0, 0.05) is 12.1 Å². The molecule has 19 heavy (non-hydrogen) atoms. The first-order valence-electron chi connectivity index (χ1n) is 4.75. The van der Waals surface area contributed by atoms with Crippen molar-refractivity contribution in [2.45, 2.75) is 4.34 Å². The summed E-state index contributed by atoms with van der Waals surface area (Å²) in [7, 11) is -3.94. The molecule has 1 heterocycles. The second-order valence-electron chi connectivity index (χ2n) is 3.32. The van der Waals surface area contributed by atoms with Gasteiger partial charge in [0.15, 0.2) is 0 Å². The molecule has 9 nitrogen and oxygen atoms in total. The maximum atomic E-state index is 11.9. The van der Waals surface area contributed by atoms with Crippen molar-refractivity contribution in [1.29, 1.82) is 0 Å². The third kappa shape index (κ3) is 2.95. The molecule has 0 unspecified atom stereocenters. The maximum absolute atomic E-state index is 11.9. The lowest BCUT2D eigenvalue weighted by molar-refractivity contribution is -0.384. The van der Waals surface area contributed by atoms with E-state index in [1.807, 2.05) is 0 Å². The molecule has 100 valence electrons. The molecule has 3 N–H and O–H groups in total. The number of nitrogens with one attached hydrogen (secondary N) is 1. The molecule has 0 saturated carbocycles. The molecule has 0 bridgehead atoms. The number of nitro groups is 1. The van der Waals surface area contributed by atoms with E-state index in [0.717, 1.165) is 6.07 Å². The van der Waals surface area contributed by atoms with Gasteiger partial charge in [0.25, 0.3) is 20.1 Å². The highest BCUT2D eigenvalue weighted by molar-refractivity contribution is 7.94. The van der Waals surface area contributed by atoms with Gasteiger partial charge < -0.3 is 5.73 Å². The SMILES string of the molecule is Nc1nnc(S(=O)(=O)Nc2cccc([N+](=O)[O-])c2)s1. The molecule has 0 radical (unpaired) electrons. The number of nitrogen functional groups attached to an aromatic ring is 1. The number of sulfonamides is 1. The Balaban J connectivity index is 2.30. The topological polar surface area (TPSA) is 141 Å². The number of benzene rings is 1. The zero-order valence-corrected chi connectivity index (χ0v) is 10.8. The molecular weight excluding hydrogens is 294 g/mol. The summed E-state index contributed by atoms with van der Waals surface area (Å²) >= 11 is 0.696. The predicted octanol–water partition coefficient (Wildman–Crippen LogP) is 0.829. The van der Waals surface area contributed by atoms with Crippen LogP contribution in [0.15, 0.2) is 28.6 Å². The lowest BCUT2D eigenvalue weighted by atomic mass is 10.3. The largest absolute Gasteiger partial charge is 0.374 e. The molecule has 2 rings (SSSR count). The van der Waals surface area contributed by atoms with Gasteiger partial charge >= 0.3 is 0 Å². The smallest absolute Gasteiger partial charge is 0.291 e. The quantitative estimate of drug-likeness (QED) is 0.629. The first kappa shape index (κ1) is 13.2. The van der Waals surface area contributed by atoms with Crippen molar-refractivity contribution >= 4 is 37.9 Å². The number of nitro benzene ring substituents is 1. The summed E-state index contributed by atoms with van der Waals surface area (Å²) in [5.41, 5.74) is 5.13. The Morgan fingerprint density at radius 2 is 2.11 bits per heavy atom. The van der Waals surface area contributed by atoms with Gasteiger partial charge in [-0.05, 0) is 6.07 Å². The fourth-order valence-electron chi connectivity index (χ4n) is 1.21. The van der Waals surface area contributed by atoms with Crippen LogP contribution in [0.3, 0.4) is 0 Å². The summed E-state index contributed by atoms with van der Waals surface area (Å²) in [6, 6.07) is 5.10. The summed E-state index contributed by atoms with van der Waals surface area (Å²) < 4.78 is 25.6. The highest BCUT2D eigenvalue weighted by atomic mass is 32.2. The number of rotatable bonds is 4. The number of nitrogens with zero attached hydrogens (tertiary/aromatic N) is 3. The number of hydrogen-bond donors (Lipinski definition) is 2. The zero-order chi connectivity index (χ0) is 14.0. The monoisotopic (exact) mass is 301 g/mol. The van der Waals surface area contributed by atoms with Crippen molar-refractivity contribution in [3.63, 3.8) is 0 Å². The normalized spacial score (nSPS) is 11.2. The Hall–Kier alpha value is -2.27. The van der Waals surface area contributed by atoms with Crippen LogP contribution in [0.5, 0.6) is 0 Å². The summed E-state index contributed by atoms with van der Waals surface area (Å²) in [6.45, 7) is 0. The van der Waals surface area contributed by atoms with Crippen LogP contribution in [-0.2, 0) is 10.0 Å². The summed E-state index contributed by atoms with van der Waals surface area (Å²) in [4.78, 5) is 9.96. The minimum absolute atomic E-state index is 0.0133. The van der Waals surface area contributed by atoms with Gasteiger partial charge in [-0.2, -0.15) is 8.42 Å². The van der Waals surface area contributed by atoms with E-state index >= 15 is 0 Å². The van der Waals surface area contributed by atoms with Crippen LogP contribution < -0.4 is 10.5 Å². The van der Waals surface area contributed by atoms with E-state index < -0.39 is 14.9 Å². The summed E-state index contributed by atoms with van der Waals surface area (Å²) in [5.74, 6) is 0. The number of hydrogen-bond acceptors (Lipinski definition) is 8. The van der Waals surface area contributed by atoms with E-state index in [-0.39, 0.29) is 20.8 Å². The highest BCUT2D eigenvalue weighted by Crippen LogP contribution is 2.22. The van der Waals surface area contributed by atoms with Gasteiger partial charge in [0.1, 0.15) is 0 Å². The van der Waals surface area contributed by atoms with E-state index in [4.69, 9.17) is 5.73 Å². The predicted molar refractivity (Wildman–Crippen MR) is 68.2 cm³/mol. The molecule has 0 saturated heterocycles. The lowest BCUT2D eigenvalue weighted by Crippen LogP contribution is -2.12. The van der Waals surface area contributed by atoms with E-state index in [2.05, 4.69) is 14.9 Å². The molecule has 0 aliphatic carbocycles. The van der Waals surface area contributed by atoms with Crippen LogP contribution in [0.2, 0.25) is 0 Å². The third-order valence-corrected chi connectivity index (χ3v) is 4.46. The molecule has 0 amide bonds. The molecule has 11 heteroatoms. The van der Waals surface area contributed by atoms with Gasteiger partial charge in [-0.25, -0.2) is 0 Å². The number of nitrogens with two attached hydrogens (primary N) is 1. The molecule has 1 aromatic heterocycles. The lowest BCUT2D eigenvalue weighted by Gasteiger charge is -2.04. The first-order valence-corrected chi connectivity index (χ1v) is 7.05. The van der Waals surface area contributed by atoms with Crippen LogP contribution >= 0.6 is 11.3 Å². The molecule has 0 fully saturated rings. The van der Waals surface area contributed by atoms with Gasteiger partial charge in [-0.3, -0.25) is 14.8 Å². The Labute approximate surface area is 111 Å². The number of anilines is 2. The fourth-order valence-corrected chi connectivity index (χ4v) is 3.05. The van der Waals surface area contributed by atoms with Crippen molar-refractivity contribution < 1.29 is 13.3 Å². The van der Waals surface area contributed by atoms with Gasteiger partial charge in [-0.15, -0.1) is 10.2 Å². The molecular formula is C8H7N5O4S2. The van der Waals surface area contributed by atoms with Crippen molar-refractivity contribution in [2.75, 3.05) is 10.5 Å². The minimum Gasteiger partial charge on any atom is -0.374 e. The van der Waals surface area contributed by atoms with E-state index in [9.17, 15) is 18.5 Å². The summed E-state index contributed by atoms with van der Waals surface area (Å²) in [6.07, 6.45) is 0. The number of non-ortho nitro benzene ring substituents is 1. The van der Waals surface area contributed by atoms with Crippen LogP contribution in [0, 0.1) is 10.1 Å². The van der Waals surface area contributed by atoms with Crippen molar-refractivity contribution in [1.82, 2.24) is 10.2 Å². The third-order valence-electron chi connectivity index (χ3n) is 1.96. The Morgan fingerprint density at radius 1 is 1.37 bits per heavy atom. The van der Waals surface area contributed by atoms with Crippen molar-refractivity contribution in [3.8, 4) is 0 Å². The minimum atomic E-state index is -3.94. The van der Waals surface area contributed by atoms with Crippen molar-refractivity contribution in [3.05, 3.63) is 34.4 Å². The van der Waals surface area contributed by atoms with E-state index in [0.29, 0.717) is 11.3 Å². The van der Waals surface area contributed by atoms with Gasteiger partial charge in [-0.1, -0.05) is 17.4 Å². The average molecular weight is 301 g/mol.